The molecule has 0 spiro atoms. The minimum absolute atomic E-state index is 0.137. The maximum atomic E-state index is 12.3. The van der Waals surface area contributed by atoms with Crippen LogP contribution in [0, 0.1) is 6.92 Å². The van der Waals surface area contributed by atoms with Crippen LogP contribution in [0.5, 0.6) is 0 Å². The SMILES string of the molecule is Cc1ccc(C(C)NS(=O)(=O)c2cc(C(=O)O)oc2Br)s1. The summed E-state index contributed by atoms with van der Waals surface area (Å²) in [6.45, 7) is 3.65. The lowest BCUT2D eigenvalue weighted by Gasteiger charge is -2.11. The van der Waals surface area contributed by atoms with E-state index in [9.17, 15) is 13.2 Å². The molecule has 2 aromatic rings. The summed E-state index contributed by atoms with van der Waals surface area (Å²) >= 11 is 4.41. The quantitative estimate of drug-likeness (QED) is 0.812. The van der Waals surface area contributed by atoms with E-state index in [2.05, 4.69) is 20.7 Å². The van der Waals surface area contributed by atoms with E-state index < -0.39 is 27.8 Å². The number of carbonyl (C=O) groups is 1. The Bertz CT molecular complexity index is 777. The Hall–Kier alpha value is -1.16. The lowest BCUT2D eigenvalue weighted by atomic mass is 10.3. The fraction of sp³-hybridized carbons (Fsp3) is 0.250. The number of rotatable bonds is 5. The molecule has 9 heteroatoms. The molecule has 0 aliphatic rings. The number of hydrogen-bond donors (Lipinski definition) is 2. The molecule has 1 unspecified atom stereocenters. The largest absolute Gasteiger partial charge is 0.475 e. The zero-order valence-electron chi connectivity index (χ0n) is 11.1. The number of sulfonamides is 1. The molecule has 0 aliphatic carbocycles. The topological polar surface area (TPSA) is 96.6 Å². The maximum absolute atomic E-state index is 12.3. The molecule has 6 nitrogen and oxygen atoms in total. The van der Waals surface area contributed by atoms with Crippen molar-refractivity contribution in [1.82, 2.24) is 4.72 Å². The van der Waals surface area contributed by atoms with Gasteiger partial charge in [-0.3, -0.25) is 0 Å². The lowest BCUT2D eigenvalue weighted by molar-refractivity contribution is 0.0661. The Kier molecular flexibility index (Phi) is 4.57. The van der Waals surface area contributed by atoms with Gasteiger partial charge in [0.25, 0.3) is 0 Å². The number of halogens is 1. The molecular formula is C12H12BrNO5S2. The molecule has 0 bridgehead atoms. The van der Waals surface area contributed by atoms with E-state index in [0.717, 1.165) is 15.8 Å². The monoisotopic (exact) mass is 393 g/mol. The fourth-order valence-electron chi connectivity index (χ4n) is 1.68. The van der Waals surface area contributed by atoms with E-state index in [0.29, 0.717) is 0 Å². The highest BCUT2D eigenvalue weighted by Crippen LogP contribution is 2.29. The highest BCUT2D eigenvalue weighted by molar-refractivity contribution is 9.10. The minimum atomic E-state index is -3.89. The van der Waals surface area contributed by atoms with Crippen molar-refractivity contribution >= 4 is 43.3 Å². The summed E-state index contributed by atoms with van der Waals surface area (Å²) < 4.78 is 31.8. The summed E-state index contributed by atoms with van der Waals surface area (Å²) in [6, 6.07) is 4.30. The molecule has 2 heterocycles. The average Bonchev–Trinajstić information content (AvgIpc) is 2.95. The van der Waals surface area contributed by atoms with Crippen LogP contribution in [0.25, 0.3) is 0 Å². The molecule has 2 aromatic heterocycles. The minimum Gasteiger partial charge on any atom is -0.475 e. The van der Waals surface area contributed by atoms with Crippen molar-refractivity contribution in [1.29, 1.82) is 0 Å². The Morgan fingerprint density at radius 3 is 2.62 bits per heavy atom. The van der Waals surface area contributed by atoms with Gasteiger partial charge in [0, 0.05) is 15.8 Å². The predicted molar refractivity (Wildman–Crippen MR) is 81.2 cm³/mol. The second kappa shape index (κ2) is 5.91. The first-order valence-electron chi connectivity index (χ1n) is 5.82. The van der Waals surface area contributed by atoms with Crippen molar-refractivity contribution in [3.8, 4) is 0 Å². The molecule has 0 fully saturated rings. The highest BCUT2D eigenvalue weighted by Gasteiger charge is 2.26. The summed E-state index contributed by atoms with van der Waals surface area (Å²) in [7, 11) is -3.89. The third-order valence-electron chi connectivity index (χ3n) is 2.68. The first-order valence-corrected chi connectivity index (χ1v) is 8.91. The number of hydrogen-bond acceptors (Lipinski definition) is 5. The van der Waals surface area contributed by atoms with Gasteiger partial charge < -0.3 is 9.52 Å². The van der Waals surface area contributed by atoms with E-state index in [-0.39, 0.29) is 9.56 Å². The van der Waals surface area contributed by atoms with E-state index in [4.69, 9.17) is 9.52 Å². The number of thiophene rings is 1. The van der Waals surface area contributed by atoms with Crippen LogP contribution in [0.3, 0.4) is 0 Å². The predicted octanol–water partition coefficient (Wildman–Crippen LogP) is 3.15. The van der Waals surface area contributed by atoms with Gasteiger partial charge in [-0.2, -0.15) is 0 Å². The molecule has 0 saturated heterocycles. The van der Waals surface area contributed by atoms with Crippen molar-refractivity contribution in [2.45, 2.75) is 24.8 Å². The van der Waals surface area contributed by atoms with E-state index in [1.54, 1.807) is 6.92 Å². The van der Waals surface area contributed by atoms with Crippen LogP contribution in [-0.2, 0) is 10.0 Å². The molecule has 0 saturated carbocycles. The third-order valence-corrected chi connectivity index (χ3v) is 6.26. The van der Waals surface area contributed by atoms with E-state index in [1.807, 2.05) is 19.1 Å². The first-order chi connectivity index (χ1) is 9.70. The fourth-order valence-corrected chi connectivity index (χ4v) is 4.80. The lowest BCUT2D eigenvalue weighted by Crippen LogP contribution is -2.26. The van der Waals surface area contributed by atoms with Gasteiger partial charge in [0.2, 0.25) is 15.8 Å². The Morgan fingerprint density at radius 2 is 2.14 bits per heavy atom. The van der Waals surface area contributed by atoms with Crippen molar-refractivity contribution < 1.29 is 22.7 Å². The molecule has 114 valence electrons. The zero-order chi connectivity index (χ0) is 15.8. The Morgan fingerprint density at radius 1 is 1.48 bits per heavy atom. The van der Waals surface area contributed by atoms with Crippen LogP contribution in [-0.4, -0.2) is 19.5 Å². The molecule has 21 heavy (non-hydrogen) atoms. The van der Waals surface area contributed by atoms with Crippen LogP contribution in [0.2, 0.25) is 0 Å². The molecule has 0 amide bonds. The summed E-state index contributed by atoms with van der Waals surface area (Å²) in [5.74, 6) is -1.78. The van der Waals surface area contributed by atoms with Gasteiger partial charge in [-0.15, -0.1) is 11.3 Å². The number of carboxylic acid groups (broad SMARTS) is 1. The van der Waals surface area contributed by atoms with E-state index >= 15 is 0 Å². The molecule has 1 atom stereocenters. The van der Waals surface area contributed by atoms with Gasteiger partial charge in [-0.05, 0) is 41.9 Å². The molecule has 2 N–H and O–H groups in total. The van der Waals surface area contributed by atoms with Crippen molar-refractivity contribution in [3.63, 3.8) is 0 Å². The molecule has 0 aromatic carbocycles. The van der Waals surface area contributed by atoms with Gasteiger partial charge in [0.15, 0.2) is 4.67 Å². The second-order valence-electron chi connectivity index (χ2n) is 4.35. The Balaban J connectivity index is 2.28. The van der Waals surface area contributed by atoms with Gasteiger partial charge in [-0.25, -0.2) is 17.9 Å². The average molecular weight is 394 g/mol. The normalized spacial score (nSPS) is 13.3. The number of aromatic carboxylic acids is 1. The number of nitrogens with one attached hydrogen (secondary N) is 1. The van der Waals surface area contributed by atoms with Crippen molar-refractivity contribution in [3.05, 3.63) is 38.4 Å². The number of furan rings is 1. The summed E-state index contributed by atoms with van der Waals surface area (Å²) in [4.78, 5) is 12.5. The van der Waals surface area contributed by atoms with Crippen LogP contribution in [0.4, 0.5) is 0 Å². The molecular weight excluding hydrogens is 382 g/mol. The standard InChI is InChI=1S/C12H12BrNO5S2/c1-6-3-4-9(20-6)7(2)14-21(17,18)10-5-8(12(15)16)19-11(10)13/h3-5,7,14H,1-2H3,(H,15,16). The summed E-state index contributed by atoms with van der Waals surface area (Å²) in [6.07, 6.45) is 0. The summed E-state index contributed by atoms with van der Waals surface area (Å²) in [5.41, 5.74) is 0. The maximum Gasteiger partial charge on any atom is 0.371 e. The molecule has 0 aliphatic heterocycles. The third kappa shape index (κ3) is 3.54. The van der Waals surface area contributed by atoms with Gasteiger partial charge in [-0.1, -0.05) is 0 Å². The zero-order valence-corrected chi connectivity index (χ0v) is 14.3. The van der Waals surface area contributed by atoms with Gasteiger partial charge >= 0.3 is 5.97 Å². The van der Waals surface area contributed by atoms with Gasteiger partial charge in [0.1, 0.15) is 4.90 Å². The molecule has 0 radical (unpaired) electrons. The Labute approximate surface area is 134 Å². The van der Waals surface area contributed by atoms with E-state index in [1.165, 1.54) is 11.3 Å². The highest BCUT2D eigenvalue weighted by atomic mass is 79.9. The van der Waals surface area contributed by atoms with Gasteiger partial charge in [0.05, 0.1) is 6.04 Å². The van der Waals surface area contributed by atoms with Crippen LogP contribution in [0.1, 0.15) is 33.3 Å². The molecule has 2 rings (SSSR count). The first kappa shape index (κ1) is 16.2. The van der Waals surface area contributed by atoms with Crippen molar-refractivity contribution in [2.75, 3.05) is 0 Å². The van der Waals surface area contributed by atoms with Crippen LogP contribution in [0.15, 0.2) is 32.2 Å². The second-order valence-corrected chi connectivity index (χ2v) is 8.07. The number of carboxylic acids is 1. The number of aryl methyl sites for hydroxylation is 1. The van der Waals surface area contributed by atoms with Crippen molar-refractivity contribution in [2.24, 2.45) is 0 Å². The van der Waals surface area contributed by atoms with Crippen LogP contribution < -0.4 is 4.72 Å². The smallest absolute Gasteiger partial charge is 0.371 e. The van der Waals surface area contributed by atoms with Crippen LogP contribution >= 0.6 is 27.3 Å². The summed E-state index contributed by atoms with van der Waals surface area (Å²) in [5, 5.41) is 8.82.